The van der Waals surface area contributed by atoms with Crippen molar-refractivity contribution in [1.29, 1.82) is 0 Å². The predicted molar refractivity (Wildman–Crippen MR) is 99.3 cm³/mol. The number of anilines is 1. The highest BCUT2D eigenvalue weighted by atomic mass is 35.5. The molecule has 0 radical (unpaired) electrons. The van der Waals surface area contributed by atoms with Gasteiger partial charge in [-0.15, -0.1) is 12.4 Å². The third-order valence-electron chi connectivity index (χ3n) is 4.47. The summed E-state index contributed by atoms with van der Waals surface area (Å²) in [6.07, 6.45) is 3.56. The Morgan fingerprint density at radius 1 is 1.20 bits per heavy atom. The first-order chi connectivity index (χ1) is 11.5. The van der Waals surface area contributed by atoms with Crippen LogP contribution in [0, 0.1) is 5.92 Å². The minimum Gasteiger partial charge on any atom is -0.381 e. The summed E-state index contributed by atoms with van der Waals surface area (Å²) < 4.78 is 5.29. The molecule has 1 saturated heterocycles. The number of nitrogens with two attached hydrogens (primary N) is 1. The number of amides is 2. The van der Waals surface area contributed by atoms with Crippen molar-refractivity contribution in [3.63, 3.8) is 0 Å². The van der Waals surface area contributed by atoms with Crippen LogP contribution in [-0.2, 0) is 9.53 Å². The minimum atomic E-state index is -0.590. The van der Waals surface area contributed by atoms with E-state index in [0.29, 0.717) is 29.5 Å². The Balaban J connectivity index is 0.00000225. The van der Waals surface area contributed by atoms with Gasteiger partial charge in [0.15, 0.2) is 0 Å². The number of carbonyl (C=O) groups is 2. The number of halogens is 2. The van der Waals surface area contributed by atoms with E-state index in [1.807, 2.05) is 0 Å². The lowest BCUT2D eigenvalue weighted by Crippen LogP contribution is -2.44. The highest BCUT2D eigenvalue weighted by Crippen LogP contribution is 2.24. The molecule has 1 aromatic carbocycles. The molecule has 1 aromatic rings. The van der Waals surface area contributed by atoms with E-state index in [9.17, 15) is 9.59 Å². The van der Waals surface area contributed by atoms with Crippen molar-refractivity contribution in [3.8, 4) is 0 Å². The molecule has 1 heterocycles. The summed E-state index contributed by atoms with van der Waals surface area (Å²) in [5.74, 6) is -0.353. The van der Waals surface area contributed by atoms with Gasteiger partial charge in [-0.25, -0.2) is 0 Å². The van der Waals surface area contributed by atoms with Crippen molar-refractivity contribution in [1.82, 2.24) is 5.32 Å². The van der Waals surface area contributed by atoms with Crippen LogP contribution in [0.3, 0.4) is 0 Å². The van der Waals surface area contributed by atoms with E-state index in [1.165, 1.54) is 0 Å². The van der Waals surface area contributed by atoms with Gasteiger partial charge < -0.3 is 21.1 Å². The van der Waals surface area contributed by atoms with Crippen LogP contribution in [0.15, 0.2) is 18.2 Å². The summed E-state index contributed by atoms with van der Waals surface area (Å²) in [5, 5.41) is 6.04. The zero-order valence-electron chi connectivity index (χ0n) is 13.8. The van der Waals surface area contributed by atoms with Gasteiger partial charge in [-0.1, -0.05) is 11.6 Å². The van der Waals surface area contributed by atoms with Crippen molar-refractivity contribution < 1.29 is 14.3 Å². The van der Waals surface area contributed by atoms with Gasteiger partial charge in [0, 0.05) is 24.9 Å². The third-order valence-corrected chi connectivity index (χ3v) is 4.80. The normalized spacial score (nSPS) is 18.8. The Morgan fingerprint density at radius 3 is 2.52 bits per heavy atom. The number of hydrogen-bond acceptors (Lipinski definition) is 4. The molecule has 0 spiro atoms. The van der Waals surface area contributed by atoms with E-state index < -0.39 is 6.04 Å². The molecule has 1 aliphatic carbocycles. The van der Waals surface area contributed by atoms with Crippen molar-refractivity contribution in [2.45, 2.75) is 37.8 Å². The molecule has 6 nitrogen and oxygen atoms in total. The molecule has 0 bridgehead atoms. The second-order valence-electron chi connectivity index (χ2n) is 6.41. The zero-order chi connectivity index (χ0) is 17.1. The van der Waals surface area contributed by atoms with Gasteiger partial charge in [0.2, 0.25) is 5.91 Å². The van der Waals surface area contributed by atoms with Gasteiger partial charge in [0.05, 0.1) is 16.6 Å². The average Bonchev–Trinajstić information content (AvgIpc) is 3.40. The molecular formula is C17H23Cl2N3O3. The molecule has 4 N–H and O–H groups in total. The minimum absolute atomic E-state index is 0. The molecule has 1 saturated carbocycles. The molecule has 2 amide bonds. The molecule has 0 aromatic heterocycles. The first kappa shape index (κ1) is 20.0. The monoisotopic (exact) mass is 387 g/mol. The Hall–Kier alpha value is -1.34. The molecule has 2 fully saturated rings. The van der Waals surface area contributed by atoms with Gasteiger partial charge in [-0.3, -0.25) is 9.59 Å². The Kier molecular flexibility index (Phi) is 7.07. The second kappa shape index (κ2) is 8.85. The molecule has 3 rings (SSSR count). The largest absolute Gasteiger partial charge is 0.381 e. The van der Waals surface area contributed by atoms with Crippen LogP contribution in [0.4, 0.5) is 5.69 Å². The van der Waals surface area contributed by atoms with Crippen LogP contribution < -0.4 is 16.4 Å². The predicted octanol–water partition coefficient (Wildman–Crippen LogP) is 2.35. The van der Waals surface area contributed by atoms with Gasteiger partial charge in [0.25, 0.3) is 5.91 Å². The SMILES string of the molecule is Cl.NC(C(=O)Nc1ccc(Cl)c(C(=O)NC2CC2)c1)C1CCOCC1. The Bertz CT molecular complexity index is 632. The van der Waals surface area contributed by atoms with E-state index >= 15 is 0 Å². The number of carbonyl (C=O) groups excluding carboxylic acids is 2. The van der Waals surface area contributed by atoms with Gasteiger partial charge in [0.1, 0.15) is 0 Å². The highest BCUT2D eigenvalue weighted by Gasteiger charge is 2.27. The third kappa shape index (κ3) is 5.31. The summed E-state index contributed by atoms with van der Waals surface area (Å²) >= 11 is 6.10. The zero-order valence-corrected chi connectivity index (χ0v) is 15.4. The van der Waals surface area contributed by atoms with Crippen molar-refractivity contribution in [2.24, 2.45) is 11.7 Å². The number of ether oxygens (including phenoxy) is 1. The van der Waals surface area contributed by atoms with Crippen LogP contribution in [0.5, 0.6) is 0 Å². The summed E-state index contributed by atoms with van der Waals surface area (Å²) in [6.45, 7) is 1.27. The fourth-order valence-corrected chi connectivity index (χ4v) is 2.99. The Labute approximate surface area is 158 Å². The van der Waals surface area contributed by atoms with Crippen LogP contribution >= 0.6 is 24.0 Å². The van der Waals surface area contributed by atoms with E-state index in [0.717, 1.165) is 25.7 Å². The maximum atomic E-state index is 12.4. The Morgan fingerprint density at radius 2 is 1.88 bits per heavy atom. The van der Waals surface area contributed by atoms with Crippen molar-refractivity contribution in [2.75, 3.05) is 18.5 Å². The summed E-state index contributed by atoms with van der Waals surface area (Å²) in [5.41, 5.74) is 6.95. The van der Waals surface area contributed by atoms with Gasteiger partial charge >= 0.3 is 0 Å². The quantitative estimate of drug-likeness (QED) is 0.722. The second-order valence-corrected chi connectivity index (χ2v) is 6.81. The number of benzene rings is 1. The van der Waals surface area contributed by atoms with Crippen LogP contribution in [-0.4, -0.2) is 37.1 Å². The number of nitrogens with one attached hydrogen (secondary N) is 2. The van der Waals surface area contributed by atoms with E-state index in [1.54, 1.807) is 18.2 Å². The van der Waals surface area contributed by atoms with Crippen molar-refractivity contribution in [3.05, 3.63) is 28.8 Å². The van der Waals surface area contributed by atoms with Crippen LogP contribution in [0.1, 0.15) is 36.0 Å². The maximum absolute atomic E-state index is 12.4. The lowest BCUT2D eigenvalue weighted by atomic mass is 9.92. The fourth-order valence-electron chi connectivity index (χ4n) is 2.78. The number of hydrogen-bond donors (Lipinski definition) is 3. The topological polar surface area (TPSA) is 93.5 Å². The number of rotatable bonds is 5. The molecule has 1 atom stereocenters. The molecule has 8 heteroatoms. The molecule has 138 valence electrons. The summed E-state index contributed by atoms with van der Waals surface area (Å²) in [6, 6.07) is 4.53. The molecule has 2 aliphatic rings. The highest BCUT2D eigenvalue weighted by molar-refractivity contribution is 6.34. The van der Waals surface area contributed by atoms with E-state index in [4.69, 9.17) is 22.1 Å². The van der Waals surface area contributed by atoms with E-state index in [-0.39, 0.29) is 36.2 Å². The molecule has 1 unspecified atom stereocenters. The first-order valence-electron chi connectivity index (χ1n) is 8.29. The average molecular weight is 388 g/mol. The van der Waals surface area contributed by atoms with Gasteiger partial charge in [-0.2, -0.15) is 0 Å². The molecule has 25 heavy (non-hydrogen) atoms. The summed E-state index contributed by atoms with van der Waals surface area (Å²) in [4.78, 5) is 24.5. The lowest BCUT2D eigenvalue weighted by molar-refractivity contribution is -0.119. The molecule has 1 aliphatic heterocycles. The lowest BCUT2D eigenvalue weighted by Gasteiger charge is -2.26. The van der Waals surface area contributed by atoms with Crippen LogP contribution in [0.2, 0.25) is 5.02 Å². The fraction of sp³-hybridized carbons (Fsp3) is 0.529. The smallest absolute Gasteiger partial charge is 0.253 e. The molecular weight excluding hydrogens is 365 g/mol. The summed E-state index contributed by atoms with van der Waals surface area (Å²) in [7, 11) is 0. The van der Waals surface area contributed by atoms with Crippen LogP contribution in [0.25, 0.3) is 0 Å². The first-order valence-corrected chi connectivity index (χ1v) is 8.67. The van der Waals surface area contributed by atoms with Crippen molar-refractivity contribution >= 4 is 41.5 Å². The maximum Gasteiger partial charge on any atom is 0.253 e. The van der Waals surface area contributed by atoms with E-state index in [2.05, 4.69) is 10.6 Å². The standard InChI is InChI=1S/C17H22ClN3O3.ClH/c18-14-4-3-12(9-13(14)16(22)20-11-1-2-11)21-17(23)15(19)10-5-7-24-8-6-10;/h3-4,9-11,15H,1-2,5-8,19H2,(H,20,22)(H,21,23);1H. The van der Waals surface area contributed by atoms with Gasteiger partial charge in [-0.05, 0) is 49.8 Å².